The van der Waals surface area contributed by atoms with Gasteiger partial charge in [0, 0.05) is 30.5 Å². The number of aliphatic hydroxyl groups is 1. The number of rotatable bonds is 4. The Kier molecular flexibility index (Phi) is 5.74. The van der Waals surface area contributed by atoms with Gasteiger partial charge in [-0.05, 0) is 36.5 Å². The van der Waals surface area contributed by atoms with Crippen molar-refractivity contribution in [2.75, 3.05) is 0 Å². The van der Waals surface area contributed by atoms with Gasteiger partial charge in [0.05, 0.1) is 18.1 Å². The molecule has 2 aromatic rings. The normalized spacial score (nSPS) is 25.4. The summed E-state index contributed by atoms with van der Waals surface area (Å²) in [5, 5.41) is 20.2. The highest BCUT2D eigenvalue weighted by atomic mass is 19.1. The quantitative estimate of drug-likeness (QED) is 0.812. The molecule has 0 aliphatic carbocycles. The molecule has 0 spiro atoms. The highest BCUT2D eigenvalue weighted by Gasteiger charge is 2.49. The number of fused-ring (bicyclic) bond motifs is 2. The molecule has 1 N–H and O–H groups in total. The van der Waals surface area contributed by atoms with Gasteiger partial charge in [-0.2, -0.15) is 5.26 Å². The monoisotopic (exact) mass is 408 g/mol. The molecule has 0 aromatic heterocycles. The Morgan fingerprint density at radius 1 is 1.17 bits per heavy atom. The largest absolute Gasteiger partial charge is 0.445 e. The summed E-state index contributed by atoms with van der Waals surface area (Å²) in [4.78, 5) is 14.6. The number of benzene rings is 2. The lowest BCUT2D eigenvalue weighted by Gasteiger charge is -2.51. The lowest BCUT2D eigenvalue weighted by Crippen LogP contribution is -2.59. The van der Waals surface area contributed by atoms with E-state index < -0.39 is 11.4 Å². The third kappa shape index (κ3) is 4.03. The van der Waals surface area contributed by atoms with Crippen molar-refractivity contribution in [1.82, 2.24) is 4.90 Å². The molecular formula is C24H25FN2O3. The number of nitrogens with zero attached hydrogens (tertiary/aromatic N) is 2. The first kappa shape index (κ1) is 20.4. The fourth-order valence-corrected chi connectivity index (χ4v) is 4.88. The van der Waals surface area contributed by atoms with E-state index in [0.29, 0.717) is 5.56 Å². The van der Waals surface area contributed by atoms with E-state index in [2.05, 4.69) is 0 Å². The Morgan fingerprint density at radius 3 is 2.50 bits per heavy atom. The molecule has 1 amide bonds. The van der Waals surface area contributed by atoms with E-state index in [0.717, 1.165) is 24.8 Å². The summed E-state index contributed by atoms with van der Waals surface area (Å²) in [5.41, 5.74) is 0.424. The molecule has 0 saturated carbocycles. The van der Waals surface area contributed by atoms with Crippen LogP contribution in [0.3, 0.4) is 0 Å². The summed E-state index contributed by atoms with van der Waals surface area (Å²) in [5.74, 6) is -0.497. The number of piperidine rings is 2. The second-order valence-corrected chi connectivity index (χ2v) is 8.27. The second-order valence-electron chi connectivity index (χ2n) is 8.27. The van der Waals surface area contributed by atoms with Gasteiger partial charge < -0.3 is 14.7 Å². The summed E-state index contributed by atoms with van der Waals surface area (Å²) in [6, 6.07) is 15.7. The molecule has 2 unspecified atom stereocenters. The number of amides is 1. The molecule has 2 atom stereocenters. The van der Waals surface area contributed by atoms with Crippen LogP contribution in [0.1, 0.15) is 48.8 Å². The molecule has 2 heterocycles. The first-order valence-corrected chi connectivity index (χ1v) is 10.4. The number of carbonyl (C=O) groups is 1. The van der Waals surface area contributed by atoms with E-state index in [4.69, 9.17) is 10.00 Å². The smallest absolute Gasteiger partial charge is 0.410 e. The van der Waals surface area contributed by atoms with Gasteiger partial charge in [-0.3, -0.25) is 0 Å². The Morgan fingerprint density at radius 2 is 1.87 bits per heavy atom. The highest BCUT2D eigenvalue weighted by molar-refractivity contribution is 5.69. The molecule has 4 rings (SSSR count). The van der Waals surface area contributed by atoms with Crippen molar-refractivity contribution in [3.63, 3.8) is 0 Å². The van der Waals surface area contributed by atoms with Gasteiger partial charge in [0.1, 0.15) is 12.4 Å². The molecule has 2 aliphatic rings. The van der Waals surface area contributed by atoms with E-state index in [-0.39, 0.29) is 49.6 Å². The van der Waals surface area contributed by atoms with E-state index in [1.165, 1.54) is 6.07 Å². The van der Waals surface area contributed by atoms with Crippen LogP contribution >= 0.6 is 0 Å². The van der Waals surface area contributed by atoms with Crippen LogP contribution in [-0.4, -0.2) is 28.2 Å². The van der Waals surface area contributed by atoms with Crippen molar-refractivity contribution in [1.29, 1.82) is 5.26 Å². The maximum atomic E-state index is 14.8. The third-order valence-electron chi connectivity index (χ3n) is 6.24. The average molecular weight is 408 g/mol. The number of ether oxygens (including phenoxy) is 1. The number of hydrogen-bond acceptors (Lipinski definition) is 4. The molecule has 2 aromatic carbocycles. The molecule has 2 fully saturated rings. The Labute approximate surface area is 175 Å². The highest BCUT2D eigenvalue weighted by Crippen LogP contribution is 2.45. The molecule has 0 radical (unpaired) electrons. The van der Waals surface area contributed by atoms with Gasteiger partial charge in [0.15, 0.2) is 0 Å². The Bertz CT molecular complexity index is 943. The van der Waals surface area contributed by atoms with Crippen molar-refractivity contribution in [2.24, 2.45) is 0 Å². The average Bonchev–Trinajstić information content (AvgIpc) is 2.72. The van der Waals surface area contributed by atoms with E-state index in [1.54, 1.807) is 17.0 Å². The van der Waals surface area contributed by atoms with E-state index in [9.17, 15) is 14.3 Å². The molecule has 5 nitrogen and oxygen atoms in total. The number of halogens is 1. The van der Waals surface area contributed by atoms with E-state index >= 15 is 0 Å². The summed E-state index contributed by atoms with van der Waals surface area (Å²) >= 11 is 0. The second kappa shape index (κ2) is 8.45. The van der Waals surface area contributed by atoms with Crippen molar-refractivity contribution in [3.05, 3.63) is 71.0 Å². The summed E-state index contributed by atoms with van der Waals surface area (Å²) < 4.78 is 20.3. The van der Waals surface area contributed by atoms with E-state index in [1.807, 2.05) is 36.4 Å². The maximum Gasteiger partial charge on any atom is 0.410 e. The lowest BCUT2D eigenvalue weighted by molar-refractivity contribution is -0.0911. The standard InChI is InChI=1S/C24H25FN2O3/c25-22-13-17(11-12-26)9-10-21(22)24(29)14-19-7-4-8-20(15-24)27(19)23(28)30-16-18-5-2-1-3-6-18/h1-3,5-6,9-10,13,19-20,29H,4,7-8,11,14-16H2. The van der Waals surface area contributed by atoms with Crippen molar-refractivity contribution >= 4 is 6.09 Å². The fourth-order valence-electron chi connectivity index (χ4n) is 4.88. The van der Waals surface area contributed by atoms with Crippen LogP contribution in [0, 0.1) is 17.1 Å². The van der Waals surface area contributed by atoms with Gasteiger partial charge in [-0.1, -0.05) is 42.5 Å². The van der Waals surface area contributed by atoms with Gasteiger partial charge in [0.25, 0.3) is 0 Å². The molecule has 6 heteroatoms. The number of hydrogen-bond donors (Lipinski definition) is 1. The zero-order valence-electron chi connectivity index (χ0n) is 16.8. The van der Waals surface area contributed by atoms with Crippen LogP contribution in [0.25, 0.3) is 0 Å². The van der Waals surface area contributed by atoms with Crippen LogP contribution in [-0.2, 0) is 23.4 Å². The van der Waals surface area contributed by atoms with Gasteiger partial charge in [-0.15, -0.1) is 0 Å². The van der Waals surface area contributed by atoms with Crippen LogP contribution in [0.2, 0.25) is 0 Å². The summed E-state index contributed by atoms with van der Waals surface area (Å²) in [7, 11) is 0. The van der Waals surface area contributed by atoms with Gasteiger partial charge >= 0.3 is 6.09 Å². The predicted molar refractivity (Wildman–Crippen MR) is 109 cm³/mol. The summed E-state index contributed by atoms with van der Waals surface area (Å²) in [6.07, 6.45) is 2.79. The van der Waals surface area contributed by atoms with Crippen molar-refractivity contribution < 1.29 is 19.0 Å². The lowest BCUT2D eigenvalue weighted by atomic mass is 9.72. The number of nitriles is 1. The SMILES string of the molecule is N#CCc1ccc(C2(O)CC3CCCC(C2)N3C(=O)OCc2ccccc2)c(F)c1. The van der Waals surface area contributed by atoms with Crippen LogP contribution in [0.5, 0.6) is 0 Å². The fraction of sp³-hybridized carbons (Fsp3) is 0.417. The zero-order chi connectivity index (χ0) is 21.1. The molecule has 2 bridgehead atoms. The van der Waals surface area contributed by atoms with Crippen molar-refractivity contribution in [2.45, 2.75) is 62.8 Å². The van der Waals surface area contributed by atoms with Gasteiger partial charge in [0.2, 0.25) is 0 Å². The molecule has 2 saturated heterocycles. The predicted octanol–water partition coefficient (Wildman–Crippen LogP) is 4.43. The van der Waals surface area contributed by atoms with Gasteiger partial charge in [-0.25, -0.2) is 9.18 Å². The Balaban J connectivity index is 1.50. The van der Waals surface area contributed by atoms with Crippen molar-refractivity contribution in [3.8, 4) is 6.07 Å². The topological polar surface area (TPSA) is 73.6 Å². The minimum atomic E-state index is -1.33. The first-order chi connectivity index (χ1) is 14.5. The van der Waals surface area contributed by atoms with Crippen LogP contribution in [0.15, 0.2) is 48.5 Å². The third-order valence-corrected chi connectivity index (χ3v) is 6.24. The Hall–Kier alpha value is -2.91. The minimum Gasteiger partial charge on any atom is -0.445 e. The van der Waals surface area contributed by atoms with Crippen LogP contribution in [0.4, 0.5) is 9.18 Å². The number of carbonyl (C=O) groups excluding carboxylic acids is 1. The molecular weight excluding hydrogens is 383 g/mol. The molecule has 156 valence electrons. The molecule has 30 heavy (non-hydrogen) atoms. The maximum absolute atomic E-state index is 14.8. The van der Waals surface area contributed by atoms with Crippen LogP contribution < -0.4 is 0 Å². The summed E-state index contributed by atoms with van der Waals surface area (Å²) in [6.45, 7) is 0.203. The molecule has 2 aliphatic heterocycles. The minimum absolute atomic E-state index is 0.127. The zero-order valence-corrected chi connectivity index (χ0v) is 16.8. The first-order valence-electron chi connectivity index (χ1n) is 10.4.